The largest absolute Gasteiger partial charge is 0.465 e. The number of hydrogen-bond acceptors (Lipinski definition) is 3. The molecule has 1 amide bonds. The number of nitrogens with zero attached hydrogens (tertiary/aromatic N) is 1. The van der Waals surface area contributed by atoms with E-state index in [2.05, 4.69) is 21.2 Å². The van der Waals surface area contributed by atoms with E-state index in [0.717, 1.165) is 4.47 Å². The molecule has 1 N–H and O–H groups in total. The molecule has 2 rings (SSSR count). The Hall–Kier alpha value is -2.58. The third kappa shape index (κ3) is 4.48. The van der Waals surface area contributed by atoms with Gasteiger partial charge in [0.25, 0.3) is 5.91 Å². The molecule has 0 bridgehead atoms. The van der Waals surface area contributed by atoms with Crippen molar-refractivity contribution in [3.05, 3.63) is 70.6 Å². The van der Waals surface area contributed by atoms with Crippen molar-refractivity contribution in [2.75, 3.05) is 5.32 Å². The number of nitrogens with one attached hydrogen (secondary N) is 1. The van der Waals surface area contributed by atoms with Crippen molar-refractivity contribution < 1.29 is 9.21 Å². The van der Waals surface area contributed by atoms with E-state index in [1.807, 2.05) is 12.1 Å². The number of allylic oxidation sites excluding steroid dienone is 2. The number of amides is 1. The molecule has 21 heavy (non-hydrogen) atoms. The van der Waals surface area contributed by atoms with Crippen LogP contribution in [-0.2, 0) is 4.79 Å². The van der Waals surface area contributed by atoms with Gasteiger partial charge in [0.15, 0.2) is 0 Å². The lowest BCUT2D eigenvalue weighted by Crippen LogP contribution is -2.13. The molecule has 0 fully saturated rings. The van der Waals surface area contributed by atoms with Crippen molar-refractivity contribution in [3.8, 4) is 6.07 Å². The molecule has 0 radical (unpaired) electrons. The molecule has 0 aliphatic rings. The Morgan fingerprint density at radius 3 is 2.86 bits per heavy atom. The van der Waals surface area contributed by atoms with E-state index in [0.29, 0.717) is 11.4 Å². The quantitative estimate of drug-likeness (QED) is 0.515. The lowest BCUT2D eigenvalue weighted by Gasteiger charge is -2.03. The first-order chi connectivity index (χ1) is 10.2. The van der Waals surface area contributed by atoms with Gasteiger partial charge in [-0.05, 0) is 42.5 Å². The molecule has 0 aliphatic carbocycles. The van der Waals surface area contributed by atoms with Gasteiger partial charge in [0.2, 0.25) is 0 Å². The smallest absolute Gasteiger partial charge is 0.266 e. The molecule has 0 saturated heterocycles. The molecule has 0 unspecified atom stereocenters. The van der Waals surface area contributed by atoms with E-state index < -0.39 is 5.91 Å². The minimum absolute atomic E-state index is 0.0118. The molecule has 4 nitrogen and oxygen atoms in total. The predicted octanol–water partition coefficient (Wildman–Crippen LogP) is 4.14. The van der Waals surface area contributed by atoms with Crippen molar-refractivity contribution >= 4 is 33.6 Å². The fraction of sp³-hybridized carbons (Fsp3) is 0. The van der Waals surface area contributed by atoms with Crippen LogP contribution in [0.4, 0.5) is 5.69 Å². The highest BCUT2D eigenvalue weighted by Crippen LogP contribution is 2.16. The van der Waals surface area contributed by atoms with Gasteiger partial charge in [-0.3, -0.25) is 4.79 Å². The number of halogens is 1. The molecule has 0 spiro atoms. The second-order valence-corrected chi connectivity index (χ2v) is 4.95. The van der Waals surface area contributed by atoms with Gasteiger partial charge in [-0.25, -0.2) is 0 Å². The SMILES string of the molecule is N#C/C(=C/C=C/c1ccco1)C(=O)Nc1cccc(Br)c1. The highest BCUT2D eigenvalue weighted by Gasteiger charge is 2.08. The molecule has 1 aromatic heterocycles. The van der Waals surface area contributed by atoms with Gasteiger partial charge in [0.05, 0.1) is 6.26 Å². The summed E-state index contributed by atoms with van der Waals surface area (Å²) in [5.74, 6) is 0.190. The molecule has 2 aromatic rings. The van der Waals surface area contributed by atoms with Gasteiger partial charge < -0.3 is 9.73 Å². The fourth-order valence-electron chi connectivity index (χ4n) is 1.55. The first kappa shape index (κ1) is 14.8. The summed E-state index contributed by atoms with van der Waals surface area (Å²) in [6.07, 6.45) is 6.26. The zero-order valence-electron chi connectivity index (χ0n) is 10.9. The maximum Gasteiger partial charge on any atom is 0.266 e. The van der Waals surface area contributed by atoms with Crippen molar-refractivity contribution in [1.29, 1.82) is 5.26 Å². The van der Waals surface area contributed by atoms with Crippen LogP contribution in [0.1, 0.15) is 5.76 Å². The van der Waals surface area contributed by atoms with Gasteiger partial charge in [-0.2, -0.15) is 5.26 Å². The average molecular weight is 343 g/mol. The third-order valence-corrected chi connectivity index (χ3v) is 3.01. The van der Waals surface area contributed by atoms with Crippen LogP contribution in [0.25, 0.3) is 6.08 Å². The molecular formula is C16H11BrN2O2. The Balaban J connectivity index is 2.06. The molecule has 104 valence electrons. The van der Waals surface area contributed by atoms with E-state index >= 15 is 0 Å². The summed E-state index contributed by atoms with van der Waals surface area (Å²) in [4.78, 5) is 12.0. The van der Waals surface area contributed by atoms with Crippen LogP contribution in [-0.4, -0.2) is 5.91 Å². The van der Waals surface area contributed by atoms with Crippen LogP contribution in [0.3, 0.4) is 0 Å². The lowest BCUT2D eigenvalue weighted by molar-refractivity contribution is -0.112. The second kappa shape index (κ2) is 7.27. The van der Waals surface area contributed by atoms with Crippen LogP contribution in [0.5, 0.6) is 0 Å². The molecule has 0 atom stereocenters. The minimum atomic E-state index is -0.459. The monoisotopic (exact) mass is 342 g/mol. The maximum atomic E-state index is 12.0. The van der Waals surface area contributed by atoms with E-state index in [9.17, 15) is 4.79 Å². The summed E-state index contributed by atoms with van der Waals surface area (Å²) in [5, 5.41) is 11.7. The highest BCUT2D eigenvalue weighted by molar-refractivity contribution is 9.10. The number of hydrogen-bond donors (Lipinski definition) is 1. The van der Waals surface area contributed by atoms with E-state index in [-0.39, 0.29) is 5.57 Å². The molecule has 0 aliphatic heterocycles. The zero-order chi connectivity index (χ0) is 15.1. The van der Waals surface area contributed by atoms with Gasteiger partial charge in [-0.1, -0.05) is 28.1 Å². The Kier molecular flexibility index (Phi) is 5.13. The van der Waals surface area contributed by atoms with Crippen LogP contribution in [0.15, 0.2) is 69.3 Å². The summed E-state index contributed by atoms with van der Waals surface area (Å²) >= 11 is 3.32. The second-order valence-electron chi connectivity index (χ2n) is 4.03. The average Bonchev–Trinajstić information content (AvgIpc) is 2.96. The van der Waals surface area contributed by atoms with Crippen molar-refractivity contribution in [2.45, 2.75) is 0 Å². The van der Waals surface area contributed by atoms with E-state index in [1.165, 1.54) is 6.08 Å². The van der Waals surface area contributed by atoms with Crippen LogP contribution in [0, 0.1) is 11.3 Å². The van der Waals surface area contributed by atoms with Gasteiger partial charge in [-0.15, -0.1) is 0 Å². The van der Waals surface area contributed by atoms with Crippen LogP contribution in [0.2, 0.25) is 0 Å². The summed E-state index contributed by atoms with van der Waals surface area (Å²) in [5.41, 5.74) is 0.628. The van der Waals surface area contributed by atoms with Gasteiger partial charge in [0.1, 0.15) is 17.4 Å². The number of rotatable bonds is 4. The number of nitriles is 1. The number of anilines is 1. The van der Waals surface area contributed by atoms with Crippen molar-refractivity contribution in [3.63, 3.8) is 0 Å². The Morgan fingerprint density at radius 1 is 1.33 bits per heavy atom. The number of benzene rings is 1. The summed E-state index contributed by atoms with van der Waals surface area (Å²) in [6.45, 7) is 0. The predicted molar refractivity (Wildman–Crippen MR) is 84.2 cm³/mol. The molecule has 5 heteroatoms. The zero-order valence-corrected chi connectivity index (χ0v) is 12.5. The first-order valence-corrected chi connectivity index (χ1v) is 6.87. The van der Waals surface area contributed by atoms with Crippen molar-refractivity contribution in [1.82, 2.24) is 0 Å². The molecule has 0 saturated carbocycles. The highest BCUT2D eigenvalue weighted by atomic mass is 79.9. The Bertz CT molecular complexity index is 725. The van der Waals surface area contributed by atoms with Crippen LogP contribution < -0.4 is 5.32 Å². The summed E-state index contributed by atoms with van der Waals surface area (Å²) in [7, 11) is 0. The number of carbonyl (C=O) groups is 1. The number of carbonyl (C=O) groups excluding carboxylic acids is 1. The fourth-order valence-corrected chi connectivity index (χ4v) is 1.95. The third-order valence-electron chi connectivity index (χ3n) is 2.51. The van der Waals surface area contributed by atoms with Gasteiger partial charge in [0, 0.05) is 10.2 Å². The summed E-state index contributed by atoms with van der Waals surface area (Å²) in [6, 6.07) is 12.6. The molecular weight excluding hydrogens is 332 g/mol. The topological polar surface area (TPSA) is 66.0 Å². The standard InChI is InChI=1S/C16H11BrN2O2/c17-13-5-2-6-14(10-13)19-16(20)12(11-18)4-1-7-15-8-3-9-21-15/h1-10H,(H,19,20)/b7-1+,12-4-. The van der Waals surface area contributed by atoms with Crippen LogP contribution >= 0.6 is 15.9 Å². The van der Waals surface area contributed by atoms with E-state index in [4.69, 9.17) is 9.68 Å². The van der Waals surface area contributed by atoms with Crippen molar-refractivity contribution in [2.24, 2.45) is 0 Å². The molecule has 1 aromatic carbocycles. The van der Waals surface area contributed by atoms with Gasteiger partial charge >= 0.3 is 0 Å². The Morgan fingerprint density at radius 2 is 2.19 bits per heavy atom. The first-order valence-electron chi connectivity index (χ1n) is 6.08. The lowest BCUT2D eigenvalue weighted by atomic mass is 10.2. The molecule has 1 heterocycles. The summed E-state index contributed by atoms with van der Waals surface area (Å²) < 4.78 is 5.96. The Labute approximate surface area is 130 Å². The normalized spacial score (nSPS) is 11.3. The maximum absolute atomic E-state index is 12.0. The van der Waals surface area contributed by atoms with E-state index in [1.54, 1.807) is 48.7 Å². The number of furan rings is 1. The minimum Gasteiger partial charge on any atom is -0.465 e.